The van der Waals surface area contributed by atoms with Crippen molar-refractivity contribution in [1.82, 2.24) is 4.90 Å². The molecule has 0 saturated carbocycles. The van der Waals surface area contributed by atoms with Gasteiger partial charge < -0.3 is 9.64 Å². The lowest BCUT2D eigenvalue weighted by Crippen LogP contribution is -2.30. The standard InChI is InChI=1S/C23H27ClN2O3/c1-3-25(20-10-8-19(24)9-11-20)16-17-6-7-18(21(15-17)29-2)5-4-14-26-22(27)12-13-23(26)28/h6-11,15H,3-5,12-14,16H2,1-2H3. The Hall–Kier alpha value is -2.53. The molecule has 1 fully saturated rings. The molecule has 0 aliphatic carbocycles. The van der Waals surface area contributed by atoms with Crippen LogP contribution in [-0.4, -0.2) is 36.9 Å². The van der Waals surface area contributed by atoms with Crippen molar-refractivity contribution >= 4 is 29.1 Å². The second kappa shape index (κ2) is 9.79. The molecule has 2 amide bonds. The second-order valence-electron chi connectivity index (χ2n) is 7.18. The van der Waals surface area contributed by atoms with E-state index in [1.54, 1.807) is 7.11 Å². The van der Waals surface area contributed by atoms with E-state index in [-0.39, 0.29) is 11.8 Å². The Morgan fingerprint density at radius 1 is 1.07 bits per heavy atom. The van der Waals surface area contributed by atoms with Gasteiger partial charge in [-0.3, -0.25) is 14.5 Å². The third-order valence-electron chi connectivity index (χ3n) is 5.28. The van der Waals surface area contributed by atoms with E-state index < -0.39 is 0 Å². The molecular formula is C23H27ClN2O3. The van der Waals surface area contributed by atoms with Crippen molar-refractivity contribution in [3.8, 4) is 5.75 Å². The average molecular weight is 415 g/mol. The van der Waals surface area contributed by atoms with Crippen LogP contribution in [0.1, 0.15) is 37.3 Å². The molecule has 29 heavy (non-hydrogen) atoms. The summed E-state index contributed by atoms with van der Waals surface area (Å²) in [5.41, 5.74) is 3.37. The van der Waals surface area contributed by atoms with Crippen LogP contribution in [0.3, 0.4) is 0 Å². The molecule has 5 nitrogen and oxygen atoms in total. The average Bonchev–Trinajstić information content (AvgIpc) is 3.05. The maximum Gasteiger partial charge on any atom is 0.229 e. The number of carbonyl (C=O) groups excluding carboxylic acids is 2. The molecule has 1 saturated heterocycles. The summed E-state index contributed by atoms with van der Waals surface area (Å²) < 4.78 is 5.60. The molecule has 154 valence electrons. The van der Waals surface area contributed by atoms with Crippen LogP contribution in [-0.2, 0) is 22.6 Å². The van der Waals surface area contributed by atoms with Gasteiger partial charge in [0.15, 0.2) is 0 Å². The van der Waals surface area contributed by atoms with Gasteiger partial charge in [-0.15, -0.1) is 0 Å². The number of rotatable bonds is 9. The Morgan fingerprint density at radius 3 is 2.38 bits per heavy atom. The Labute approximate surface area is 177 Å². The van der Waals surface area contributed by atoms with E-state index in [0.717, 1.165) is 53.5 Å². The predicted octanol–water partition coefficient (Wildman–Crippen LogP) is 4.46. The fraction of sp³-hybridized carbons (Fsp3) is 0.391. The molecule has 0 atom stereocenters. The second-order valence-corrected chi connectivity index (χ2v) is 7.62. The van der Waals surface area contributed by atoms with E-state index in [1.807, 2.05) is 24.3 Å². The third kappa shape index (κ3) is 5.30. The number of carbonyl (C=O) groups is 2. The molecule has 3 rings (SSSR count). The summed E-state index contributed by atoms with van der Waals surface area (Å²) in [6, 6.07) is 14.1. The summed E-state index contributed by atoms with van der Waals surface area (Å²) in [5.74, 6) is 0.729. The summed E-state index contributed by atoms with van der Waals surface area (Å²) in [4.78, 5) is 27.1. The first-order valence-electron chi connectivity index (χ1n) is 10.0. The number of halogens is 1. The van der Waals surface area contributed by atoms with Crippen LogP contribution in [0.15, 0.2) is 42.5 Å². The molecule has 2 aromatic carbocycles. The van der Waals surface area contributed by atoms with Gasteiger partial charge in [-0.1, -0.05) is 23.7 Å². The Morgan fingerprint density at radius 2 is 1.76 bits per heavy atom. The van der Waals surface area contributed by atoms with E-state index in [1.165, 1.54) is 4.90 Å². The van der Waals surface area contributed by atoms with Crippen molar-refractivity contribution in [3.05, 3.63) is 58.6 Å². The van der Waals surface area contributed by atoms with Gasteiger partial charge in [-0.25, -0.2) is 0 Å². The molecule has 0 unspecified atom stereocenters. The van der Waals surface area contributed by atoms with Crippen LogP contribution in [0, 0.1) is 0 Å². The minimum atomic E-state index is -0.0563. The summed E-state index contributed by atoms with van der Waals surface area (Å²) >= 11 is 6.00. The molecule has 0 N–H and O–H groups in total. The van der Waals surface area contributed by atoms with Crippen LogP contribution in [0.4, 0.5) is 5.69 Å². The number of hydrogen-bond donors (Lipinski definition) is 0. The number of hydrogen-bond acceptors (Lipinski definition) is 4. The largest absolute Gasteiger partial charge is 0.496 e. The highest BCUT2D eigenvalue weighted by atomic mass is 35.5. The summed E-state index contributed by atoms with van der Waals surface area (Å²) in [7, 11) is 1.67. The number of methoxy groups -OCH3 is 1. The SMILES string of the molecule is CCN(Cc1ccc(CCCN2C(=O)CCC2=O)c(OC)c1)c1ccc(Cl)cc1. The monoisotopic (exact) mass is 414 g/mol. The highest BCUT2D eigenvalue weighted by Crippen LogP contribution is 2.25. The number of nitrogens with zero attached hydrogens (tertiary/aromatic N) is 2. The highest BCUT2D eigenvalue weighted by Gasteiger charge is 2.28. The third-order valence-corrected chi connectivity index (χ3v) is 5.53. The first-order valence-corrected chi connectivity index (χ1v) is 10.4. The van der Waals surface area contributed by atoms with Crippen molar-refractivity contribution in [3.63, 3.8) is 0 Å². The molecule has 0 bridgehead atoms. The first kappa shape index (κ1) is 21.2. The quantitative estimate of drug-likeness (QED) is 0.568. The van der Waals surface area contributed by atoms with Crippen molar-refractivity contribution in [2.24, 2.45) is 0 Å². The predicted molar refractivity (Wildman–Crippen MR) is 115 cm³/mol. The molecule has 1 heterocycles. The molecule has 0 aromatic heterocycles. The van der Waals surface area contributed by atoms with E-state index in [2.05, 4.69) is 30.0 Å². The lowest BCUT2D eigenvalue weighted by Gasteiger charge is -2.24. The zero-order chi connectivity index (χ0) is 20.8. The summed E-state index contributed by atoms with van der Waals surface area (Å²) in [6.45, 7) is 4.25. The number of amides is 2. The molecule has 1 aliphatic rings. The van der Waals surface area contributed by atoms with Gasteiger partial charge >= 0.3 is 0 Å². The van der Waals surface area contributed by atoms with Crippen LogP contribution in [0.5, 0.6) is 5.75 Å². The van der Waals surface area contributed by atoms with Crippen LogP contribution < -0.4 is 9.64 Å². The van der Waals surface area contributed by atoms with E-state index >= 15 is 0 Å². The van der Waals surface area contributed by atoms with E-state index in [4.69, 9.17) is 16.3 Å². The fourth-order valence-electron chi connectivity index (χ4n) is 3.65. The fourth-order valence-corrected chi connectivity index (χ4v) is 3.78. The summed E-state index contributed by atoms with van der Waals surface area (Å²) in [5, 5.41) is 0.730. The van der Waals surface area contributed by atoms with Crippen molar-refractivity contribution in [2.45, 2.75) is 39.2 Å². The van der Waals surface area contributed by atoms with E-state index in [0.29, 0.717) is 19.4 Å². The van der Waals surface area contributed by atoms with E-state index in [9.17, 15) is 9.59 Å². The van der Waals surface area contributed by atoms with Gasteiger partial charge in [0.05, 0.1) is 7.11 Å². The van der Waals surface area contributed by atoms with Crippen LogP contribution >= 0.6 is 11.6 Å². The first-order chi connectivity index (χ1) is 14.0. The number of imide groups is 1. The topological polar surface area (TPSA) is 49.9 Å². The Bertz CT molecular complexity index is 851. The van der Waals surface area contributed by atoms with Crippen LogP contribution in [0.25, 0.3) is 0 Å². The van der Waals surface area contributed by atoms with Gasteiger partial charge in [0.25, 0.3) is 0 Å². The van der Waals surface area contributed by atoms with Gasteiger partial charge in [0.1, 0.15) is 5.75 Å². The van der Waals surface area contributed by atoms with Gasteiger partial charge in [-0.2, -0.15) is 0 Å². The molecule has 0 spiro atoms. The van der Waals surface area contributed by atoms with Gasteiger partial charge in [0, 0.05) is 43.2 Å². The summed E-state index contributed by atoms with van der Waals surface area (Å²) in [6.07, 6.45) is 2.19. The molecular weight excluding hydrogens is 388 g/mol. The number of likely N-dealkylation sites (tertiary alicyclic amines) is 1. The van der Waals surface area contributed by atoms with Crippen LogP contribution in [0.2, 0.25) is 5.02 Å². The number of aryl methyl sites for hydroxylation is 1. The zero-order valence-electron chi connectivity index (χ0n) is 17.0. The lowest BCUT2D eigenvalue weighted by atomic mass is 10.0. The maximum atomic E-state index is 11.7. The zero-order valence-corrected chi connectivity index (χ0v) is 17.7. The van der Waals surface area contributed by atoms with Crippen molar-refractivity contribution < 1.29 is 14.3 Å². The minimum Gasteiger partial charge on any atom is -0.496 e. The number of ether oxygens (including phenoxy) is 1. The molecule has 6 heteroatoms. The smallest absolute Gasteiger partial charge is 0.229 e. The van der Waals surface area contributed by atoms with Gasteiger partial charge in [0.2, 0.25) is 11.8 Å². The van der Waals surface area contributed by atoms with Gasteiger partial charge in [-0.05, 0) is 61.2 Å². The number of benzene rings is 2. The number of anilines is 1. The highest BCUT2D eigenvalue weighted by molar-refractivity contribution is 6.30. The minimum absolute atomic E-state index is 0.0563. The normalized spacial score (nSPS) is 13.8. The Balaban J connectivity index is 1.64. The Kier molecular flexibility index (Phi) is 7.15. The molecule has 0 radical (unpaired) electrons. The molecule has 2 aromatic rings. The maximum absolute atomic E-state index is 11.7. The van der Waals surface area contributed by atoms with Crippen molar-refractivity contribution in [2.75, 3.05) is 25.1 Å². The lowest BCUT2D eigenvalue weighted by molar-refractivity contribution is -0.138. The van der Waals surface area contributed by atoms with Crippen molar-refractivity contribution in [1.29, 1.82) is 0 Å². The molecule has 1 aliphatic heterocycles.